The standard InChI is InChI=1S/C13H22N2O/c1-5-15-12(13(16-4)10(2)3)11-7-6-8-14-9-11/h6-10,12-13,15H,5H2,1-4H3. The largest absolute Gasteiger partial charge is 0.379 e. The van der Waals surface area contributed by atoms with E-state index in [1.54, 1.807) is 13.3 Å². The van der Waals surface area contributed by atoms with Gasteiger partial charge < -0.3 is 10.1 Å². The quantitative estimate of drug-likeness (QED) is 0.802. The third-order valence-electron chi connectivity index (χ3n) is 2.73. The van der Waals surface area contributed by atoms with Crippen LogP contribution in [0.2, 0.25) is 0 Å². The fraction of sp³-hybridized carbons (Fsp3) is 0.615. The van der Waals surface area contributed by atoms with E-state index in [1.807, 2.05) is 12.3 Å². The Morgan fingerprint density at radius 2 is 2.19 bits per heavy atom. The molecular formula is C13H22N2O. The van der Waals surface area contributed by atoms with Gasteiger partial charge in [0, 0.05) is 19.5 Å². The highest BCUT2D eigenvalue weighted by Crippen LogP contribution is 2.23. The molecule has 3 heteroatoms. The van der Waals surface area contributed by atoms with E-state index in [-0.39, 0.29) is 12.1 Å². The Labute approximate surface area is 98.2 Å². The summed E-state index contributed by atoms with van der Waals surface area (Å²) < 4.78 is 5.59. The van der Waals surface area contributed by atoms with E-state index in [4.69, 9.17) is 4.74 Å². The maximum atomic E-state index is 5.59. The van der Waals surface area contributed by atoms with E-state index in [0.29, 0.717) is 5.92 Å². The van der Waals surface area contributed by atoms with Gasteiger partial charge in [0.15, 0.2) is 0 Å². The van der Waals surface area contributed by atoms with Crippen LogP contribution in [0.4, 0.5) is 0 Å². The number of methoxy groups -OCH3 is 1. The van der Waals surface area contributed by atoms with E-state index in [2.05, 4.69) is 37.1 Å². The van der Waals surface area contributed by atoms with Crippen LogP contribution in [0, 0.1) is 5.92 Å². The van der Waals surface area contributed by atoms with Gasteiger partial charge in [0.1, 0.15) is 0 Å². The van der Waals surface area contributed by atoms with Gasteiger partial charge in [-0.2, -0.15) is 0 Å². The molecule has 0 amide bonds. The minimum atomic E-state index is 0.171. The maximum absolute atomic E-state index is 5.59. The van der Waals surface area contributed by atoms with Crippen molar-refractivity contribution in [1.82, 2.24) is 10.3 Å². The van der Waals surface area contributed by atoms with E-state index in [1.165, 1.54) is 5.56 Å². The summed E-state index contributed by atoms with van der Waals surface area (Å²) in [5.41, 5.74) is 1.19. The number of nitrogens with one attached hydrogen (secondary N) is 1. The molecule has 0 aliphatic carbocycles. The Hall–Kier alpha value is -0.930. The van der Waals surface area contributed by atoms with Gasteiger partial charge in [0.05, 0.1) is 12.1 Å². The predicted molar refractivity (Wildman–Crippen MR) is 66.3 cm³/mol. The van der Waals surface area contributed by atoms with Crippen molar-refractivity contribution < 1.29 is 4.74 Å². The lowest BCUT2D eigenvalue weighted by atomic mass is 9.94. The fourth-order valence-electron chi connectivity index (χ4n) is 2.00. The molecule has 0 saturated carbocycles. The van der Waals surface area contributed by atoms with Crippen LogP contribution in [-0.2, 0) is 4.74 Å². The molecule has 0 radical (unpaired) electrons. The van der Waals surface area contributed by atoms with Crippen molar-refractivity contribution in [2.45, 2.75) is 32.9 Å². The van der Waals surface area contributed by atoms with Crippen molar-refractivity contribution >= 4 is 0 Å². The molecule has 2 unspecified atom stereocenters. The summed E-state index contributed by atoms with van der Waals surface area (Å²) in [5.74, 6) is 0.467. The zero-order valence-corrected chi connectivity index (χ0v) is 10.6. The third-order valence-corrected chi connectivity index (χ3v) is 2.73. The molecule has 1 aromatic heterocycles. The first kappa shape index (κ1) is 13.1. The molecule has 1 heterocycles. The molecule has 0 bridgehead atoms. The van der Waals surface area contributed by atoms with Crippen LogP contribution in [-0.4, -0.2) is 24.7 Å². The molecule has 1 rings (SSSR count). The molecule has 0 saturated heterocycles. The molecule has 16 heavy (non-hydrogen) atoms. The van der Waals surface area contributed by atoms with E-state index < -0.39 is 0 Å². The molecule has 0 aliphatic heterocycles. The Morgan fingerprint density at radius 3 is 2.62 bits per heavy atom. The zero-order chi connectivity index (χ0) is 12.0. The molecule has 90 valence electrons. The van der Waals surface area contributed by atoms with Gasteiger partial charge in [-0.05, 0) is 24.1 Å². The molecule has 0 aromatic carbocycles. The van der Waals surface area contributed by atoms with Crippen molar-refractivity contribution in [2.24, 2.45) is 5.92 Å². The summed E-state index contributed by atoms with van der Waals surface area (Å²) in [6, 6.07) is 4.27. The summed E-state index contributed by atoms with van der Waals surface area (Å²) >= 11 is 0. The van der Waals surface area contributed by atoms with Crippen molar-refractivity contribution in [3.05, 3.63) is 30.1 Å². The second kappa shape index (κ2) is 6.61. The lowest BCUT2D eigenvalue weighted by molar-refractivity contribution is 0.0330. The minimum Gasteiger partial charge on any atom is -0.379 e. The van der Waals surface area contributed by atoms with Crippen molar-refractivity contribution in [1.29, 1.82) is 0 Å². The van der Waals surface area contributed by atoms with Crippen molar-refractivity contribution in [3.8, 4) is 0 Å². The first-order valence-electron chi connectivity index (χ1n) is 5.86. The normalized spacial score (nSPS) is 15.1. The van der Waals surface area contributed by atoms with Crippen molar-refractivity contribution in [2.75, 3.05) is 13.7 Å². The van der Waals surface area contributed by atoms with E-state index in [9.17, 15) is 0 Å². The summed E-state index contributed by atoms with van der Waals surface area (Å²) in [6.07, 6.45) is 3.87. The van der Waals surface area contributed by atoms with Crippen LogP contribution in [0.3, 0.4) is 0 Å². The van der Waals surface area contributed by atoms with Crippen LogP contribution in [0.1, 0.15) is 32.4 Å². The number of likely N-dealkylation sites (N-methyl/N-ethyl adjacent to an activating group) is 1. The Kier molecular flexibility index (Phi) is 5.43. The number of rotatable bonds is 6. The van der Waals surface area contributed by atoms with Crippen molar-refractivity contribution in [3.63, 3.8) is 0 Å². The highest BCUT2D eigenvalue weighted by Gasteiger charge is 2.25. The summed E-state index contributed by atoms with van der Waals surface area (Å²) in [4.78, 5) is 4.17. The number of aromatic nitrogens is 1. The minimum absolute atomic E-state index is 0.171. The van der Waals surface area contributed by atoms with Gasteiger partial charge in [-0.1, -0.05) is 26.8 Å². The predicted octanol–water partition coefficient (Wildman–Crippen LogP) is 2.40. The van der Waals surface area contributed by atoms with Gasteiger partial charge in [-0.25, -0.2) is 0 Å². The number of hydrogen-bond donors (Lipinski definition) is 1. The number of pyridine rings is 1. The summed E-state index contributed by atoms with van der Waals surface area (Å²) in [7, 11) is 1.77. The molecule has 2 atom stereocenters. The maximum Gasteiger partial charge on any atom is 0.0789 e. The molecular weight excluding hydrogens is 200 g/mol. The van der Waals surface area contributed by atoms with Gasteiger partial charge >= 0.3 is 0 Å². The van der Waals surface area contributed by atoms with E-state index in [0.717, 1.165) is 6.54 Å². The highest BCUT2D eigenvalue weighted by atomic mass is 16.5. The Balaban J connectivity index is 2.89. The summed E-state index contributed by atoms with van der Waals surface area (Å²) in [5, 5.41) is 3.47. The summed E-state index contributed by atoms with van der Waals surface area (Å²) in [6.45, 7) is 7.38. The second-order valence-electron chi connectivity index (χ2n) is 4.27. The Morgan fingerprint density at radius 1 is 1.44 bits per heavy atom. The monoisotopic (exact) mass is 222 g/mol. The van der Waals surface area contributed by atoms with Gasteiger partial charge in [0.2, 0.25) is 0 Å². The van der Waals surface area contributed by atoms with Crippen LogP contribution in [0.15, 0.2) is 24.5 Å². The Bertz CT molecular complexity index is 287. The zero-order valence-electron chi connectivity index (χ0n) is 10.6. The lowest BCUT2D eigenvalue weighted by Crippen LogP contribution is -2.36. The van der Waals surface area contributed by atoms with Crippen LogP contribution in [0.5, 0.6) is 0 Å². The van der Waals surface area contributed by atoms with Gasteiger partial charge in [-0.15, -0.1) is 0 Å². The second-order valence-corrected chi connectivity index (χ2v) is 4.27. The molecule has 0 spiro atoms. The smallest absolute Gasteiger partial charge is 0.0789 e. The van der Waals surface area contributed by atoms with Crippen LogP contribution in [0.25, 0.3) is 0 Å². The topological polar surface area (TPSA) is 34.2 Å². The van der Waals surface area contributed by atoms with E-state index >= 15 is 0 Å². The number of hydrogen-bond acceptors (Lipinski definition) is 3. The highest BCUT2D eigenvalue weighted by molar-refractivity contribution is 5.15. The lowest BCUT2D eigenvalue weighted by Gasteiger charge is -2.29. The van der Waals surface area contributed by atoms with Crippen LogP contribution < -0.4 is 5.32 Å². The molecule has 0 aliphatic rings. The van der Waals surface area contributed by atoms with Gasteiger partial charge in [0.25, 0.3) is 0 Å². The number of ether oxygens (including phenoxy) is 1. The van der Waals surface area contributed by atoms with Crippen LogP contribution >= 0.6 is 0 Å². The molecule has 1 N–H and O–H groups in total. The average Bonchev–Trinajstić information content (AvgIpc) is 2.29. The molecule has 1 aromatic rings. The SMILES string of the molecule is CCNC(c1cccnc1)C(OC)C(C)C. The first-order valence-corrected chi connectivity index (χ1v) is 5.86. The fourth-order valence-corrected chi connectivity index (χ4v) is 2.00. The van der Waals surface area contributed by atoms with Gasteiger partial charge in [-0.3, -0.25) is 4.98 Å². The molecule has 3 nitrogen and oxygen atoms in total. The number of nitrogens with zero attached hydrogens (tertiary/aromatic N) is 1. The molecule has 0 fully saturated rings. The third kappa shape index (κ3) is 3.29. The first-order chi connectivity index (χ1) is 7.70. The average molecular weight is 222 g/mol.